The molecule has 0 aromatic heterocycles. The van der Waals surface area contributed by atoms with Crippen LogP contribution in [0, 0.1) is 5.92 Å². The molecule has 0 atom stereocenters. The highest BCUT2D eigenvalue weighted by Gasteiger charge is 2.18. The second kappa shape index (κ2) is 22.7. The van der Waals surface area contributed by atoms with E-state index >= 15 is 0 Å². The quantitative estimate of drug-likeness (QED) is 0.446. The predicted molar refractivity (Wildman–Crippen MR) is 49.1 cm³/mol. The van der Waals surface area contributed by atoms with Crippen molar-refractivity contribution in [2.45, 2.75) is 12.8 Å². The van der Waals surface area contributed by atoms with E-state index in [1.54, 1.807) is 0 Å². The fourth-order valence-electron chi connectivity index (χ4n) is 0.232. The van der Waals surface area contributed by atoms with Crippen molar-refractivity contribution < 1.29 is 4.79 Å². The summed E-state index contributed by atoms with van der Waals surface area (Å²) in [6.07, 6.45) is 3.31. The summed E-state index contributed by atoms with van der Waals surface area (Å²) in [5, 5.41) is 0. The Hall–Kier alpha value is -0.450. The molecule has 0 unspecified atom stereocenters. The molecular weight excluding hydrogens is 142 g/mol. The van der Waals surface area contributed by atoms with Gasteiger partial charge < -0.3 is 22.0 Å². The third kappa shape index (κ3) is 26.3. The van der Waals surface area contributed by atoms with E-state index in [9.17, 15) is 4.79 Å². The summed E-state index contributed by atoms with van der Waals surface area (Å²) in [5.74, 6) is 0.454. The van der Waals surface area contributed by atoms with Gasteiger partial charge in [-0.05, 0) is 34.0 Å². The summed E-state index contributed by atoms with van der Waals surface area (Å²) >= 11 is 0. The van der Waals surface area contributed by atoms with E-state index in [-0.39, 0.29) is 0 Å². The van der Waals surface area contributed by atoms with Gasteiger partial charge in [-0.15, -0.1) is 0 Å². The van der Waals surface area contributed by atoms with Crippen molar-refractivity contribution >= 4 is 6.29 Å². The fourth-order valence-corrected chi connectivity index (χ4v) is 0.232. The topological polar surface area (TPSA) is 95.1 Å². The zero-order valence-electron chi connectivity index (χ0n) is 7.71. The second-order valence-corrected chi connectivity index (χ2v) is 1.47. The molecule has 4 heteroatoms. The Kier molecular flexibility index (Phi) is 34.8. The van der Waals surface area contributed by atoms with Gasteiger partial charge in [0.15, 0.2) is 0 Å². The molecule has 0 aromatic carbocycles. The molecule has 0 saturated heterocycles. The standard InChI is InChI=1S/C4H6O.3CH5N/c5-3-4-1-2-4;3*1-2/h3-4H,1-2H2;3*2H2,1H3. The van der Waals surface area contributed by atoms with E-state index in [4.69, 9.17) is 0 Å². The maximum atomic E-state index is 9.57. The summed E-state index contributed by atoms with van der Waals surface area (Å²) in [6.45, 7) is 0. The van der Waals surface area contributed by atoms with Gasteiger partial charge in [0, 0.05) is 5.92 Å². The van der Waals surface area contributed by atoms with Gasteiger partial charge in [-0.1, -0.05) is 0 Å². The first-order chi connectivity index (χ1) is 5.43. The van der Waals surface area contributed by atoms with Crippen molar-refractivity contribution in [3.63, 3.8) is 0 Å². The lowest BCUT2D eigenvalue weighted by atomic mass is 10.5. The molecule has 1 saturated carbocycles. The lowest BCUT2D eigenvalue weighted by molar-refractivity contribution is -0.108. The maximum absolute atomic E-state index is 9.57. The molecule has 11 heavy (non-hydrogen) atoms. The summed E-state index contributed by atoms with van der Waals surface area (Å²) in [4.78, 5) is 9.57. The van der Waals surface area contributed by atoms with Gasteiger partial charge in [0.1, 0.15) is 6.29 Å². The largest absolute Gasteiger partial charge is 0.333 e. The molecule has 0 aromatic rings. The SMILES string of the molecule is CN.CN.CN.O=CC1CC1. The van der Waals surface area contributed by atoms with Gasteiger partial charge in [-0.2, -0.15) is 0 Å². The Morgan fingerprint density at radius 2 is 1.27 bits per heavy atom. The lowest BCUT2D eigenvalue weighted by Gasteiger charge is -1.56. The first-order valence-corrected chi connectivity index (χ1v) is 3.62. The Morgan fingerprint density at radius 1 is 1.00 bits per heavy atom. The molecule has 0 bridgehead atoms. The highest BCUT2D eigenvalue weighted by Crippen LogP contribution is 2.25. The van der Waals surface area contributed by atoms with Gasteiger partial charge in [0.25, 0.3) is 0 Å². The molecule has 0 spiro atoms. The molecule has 6 N–H and O–H groups in total. The van der Waals surface area contributed by atoms with Gasteiger partial charge >= 0.3 is 0 Å². The van der Waals surface area contributed by atoms with Crippen molar-refractivity contribution in [3.05, 3.63) is 0 Å². The van der Waals surface area contributed by atoms with Crippen LogP contribution in [0.1, 0.15) is 12.8 Å². The zero-order chi connectivity index (χ0) is 9.70. The van der Waals surface area contributed by atoms with Crippen molar-refractivity contribution in [3.8, 4) is 0 Å². The van der Waals surface area contributed by atoms with Crippen LogP contribution in [0.25, 0.3) is 0 Å². The average Bonchev–Trinajstić information content (AvgIpc) is 2.98. The van der Waals surface area contributed by atoms with Crippen LogP contribution in [0.4, 0.5) is 0 Å². The van der Waals surface area contributed by atoms with Crippen LogP contribution in [0.15, 0.2) is 0 Å². The van der Waals surface area contributed by atoms with Gasteiger partial charge in [-0.3, -0.25) is 0 Å². The number of hydrogen-bond acceptors (Lipinski definition) is 4. The molecule has 0 aliphatic heterocycles. The molecule has 1 aliphatic carbocycles. The molecule has 4 nitrogen and oxygen atoms in total. The van der Waals surface area contributed by atoms with Crippen molar-refractivity contribution in [2.75, 3.05) is 21.1 Å². The van der Waals surface area contributed by atoms with E-state index < -0.39 is 0 Å². The molecule has 1 aliphatic rings. The highest BCUT2D eigenvalue weighted by atomic mass is 16.1. The number of carbonyl (C=O) groups excluding carboxylic acids is 1. The van der Waals surface area contributed by atoms with Crippen molar-refractivity contribution in [1.82, 2.24) is 0 Å². The number of rotatable bonds is 1. The van der Waals surface area contributed by atoms with Crippen molar-refractivity contribution in [1.29, 1.82) is 0 Å². The van der Waals surface area contributed by atoms with E-state index in [1.807, 2.05) is 0 Å². The first kappa shape index (κ1) is 16.9. The predicted octanol–water partition coefficient (Wildman–Crippen LogP) is -0.680. The van der Waals surface area contributed by atoms with Crippen LogP contribution in [-0.4, -0.2) is 27.4 Å². The van der Waals surface area contributed by atoms with Crippen LogP contribution < -0.4 is 17.2 Å². The van der Waals surface area contributed by atoms with E-state index in [0.29, 0.717) is 5.92 Å². The van der Waals surface area contributed by atoms with E-state index in [0.717, 1.165) is 19.1 Å². The minimum absolute atomic E-state index is 0.454. The van der Waals surface area contributed by atoms with Gasteiger partial charge in [0.2, 0.25) is 0 Å². The van der Waals surface area contributed by atoms with Crippen LogP contribution >= 0.6 is 0 Å². The summed E-state index contributed by atoms with van der Waals surface area (Å²) in [7, 11) is 4.50. The van der Waals surface area contributed by atoms with Gasteiger partial charge in [-0.25, -0.2) is 0 Å². The average molecular weight is 163 g/mol. The van der Waals surface area contributed by atoms with Crippen LogP contribution in [-0.2, 0) is 4.79 Å². The zero-order valence-corrected chi connectivity index (χ0v) is 7.71. The maximum Gasteiger partial charge on any atom is 0.123 e. The Balaban J connectivity index is -0.0000000933. The molecule has 1 rings (SSSR count). The normalized spacial score (nSPS) is 11.8. The van der Waals surface area contributed by atoms with Crippen LogP contribution in [0.5, 0.6) is 0 Å². The molecule has 70 valence electrons. The van der Waals surface area contributed by atoms with E-state index in [2.05, 4.69) is 17.2 Å². The summed E-state index contributed by atoms with van der Waals surface area (Å²) < 4.78 is 0. The van der Waals surface area contributed by atoms with Gasteiger partial charge in [0.05, 0.1) is 0 Å². The number of hydrogen-bond donors (Lipinski definition) is 3. The molecule has 0 amide bonds. The molecule has 0 radical (unpaired) electrons. The number of carbonyl (C=O) groups is 1. The molecule has 0 heterocycles. The lowest BCUT2D eigenvalue weighted by Crippen LogP contribution is -1.69. The monoisotopic (exact) mass is 163 g/mol. The summed E-state index contributed by atoms with van der Waals surface area (Å²) in [6, 6.07) is 0. The Labute approximate surface area is 69.1 Å². The molecule has 1 fully saturated rings. The van der Waals surface area contributed by atoms with Crippen LogP contribution in [0.2, 0.25) is 0 Å². The Bertz CT molecular complexity index is 55.6. The number of nitrogens with two attached hydrogens (primary N) is 3. The van der Waals surface area contributed by atoms with Crippen LogP contribution in [0.3, 0.4) is 0 Å². The third-order valence-corrected chi connectivity index (χ3v) is 0.814. The van der Waals surface area contributed by atoms with Crippen molar-refractivity contribution in [2.24, 2.45) is 23.1 Å². The molecular formula is C7H21N3O. The minimum Gasteiger partial charge on any atom is -0.333 e. The smallest absolute Gasteiger partial charge is 0.123 e. The second-order valence-electron chi connectivity index (χ2n) is 1.47. The first-order valence-electron chi connectivity index (χ1n) is 3.62. The highest BCUT2D eigenvalue weighted by molar-refractivity contribution is 5.56. The summed E-state index contributed by atoms with van der Waals surface area (Å²) in [5.41, 5.74) is 13.5. The minimum atomic E-state index is 0.454. The number of aldehydes is 1. The fraction of sp³-hybridized carbons (Fsp3) is 0.857. The Morgan fingerprint density at radius 3 is 1.27 bits per heavy atom. The van der Waals surface area contributed by atoms with E-state index in [1.165, 1.54) is 21.1 Å². The third-order valence-electron chi connectivity index (χ3n) is 0.814.